The van der Waals surface area contributed by atoms with Crippen LogP contribution in [0.4, 0.5) is 5.00 Å². The fourth-order valence-electron chi connectivity index (χ4n) is 3.96. The first-order valence-electron chi connectivity index (χ1n) is 9.66. The summed E-state index contributed by atoms with van der Waals surface area (Å²) in [6.45, 7) is 0. The van der Waals surface area contributed by atoms with Crippen LogP contribution < -0.4 is 15.4 Å². The minimum absolute atomic E-state index is 0.412. The van der Waals surface area contributed by atoms with Gasteiger partial charge in [-0.2, -0.15) is 15.8 Å². The zero-order valence-corrected chi connectivity index (χ0v) is 17.3. The molecule has 0 radical (unpaired) electrons. The number of nitrogens with one attached hydrogen (secondary N) is 2. The summed E-state index contributed by atoms with van der Waals surface area (Å²) in [6, 6.07) is 14.2. The van der Waals surface area contributed by atoms with Gasteiger partial charge in [-0.1, -0.05) is 12.1 Å². The van der Waals surface area contributed by atoms with Crippen LogP contribution in [-0.4, -0.2) is 7.11 Å². The second-order valence-corrected chi connectivity index (χ2v) is 8.22. The number of dihydropyridines is 1. The number of nitrogens with zero attached hydrogens (tertiary/aromatic N) is 3. The fourth-order valence-corrected chi connectivity index (χ4v) is 5.20. The average Bonchev–Trinajstić information content (AvgIpc) is 3.15. The van der Waals surface area contributed by atoms with Gasteiger partial charge in [-0.3, -0.25) is 0 Å². The maximum absolute atomic E-state index is 9.96. The van der Waals surface area contributed by atoms with Gasteiger partial charge in [0, 0.05) is 11.1 Å². The molecule has 0 spiro atoms. The van der Waals surface area contributed by atoms with Crippen LogP contribution in [0.15, 0.2) is 47.4 Å². The smallest absolute Gasteiger partial charge is 0.123 e. The van der Waals surface area contributed by atoms with Gasteiger partial charge in [0.05, 0.1) is 41.9 Å². The molecule has 1 unspecified atom stereocenters. The lowest BCUT2D eigenvalue weighted by molar-refractivity contribution is 0.414. The van der Waals surface area contributed by atoms with Gasteiger partial charge in [0.1, 0.15) is 22.6 Å². The normalized spacial score (nSPS) is 17.5. The molecule has 0 bridgehead atoms. The first kappa shape index (κ1) is 19.6. The molecule has 2 aliphatic rings. The topological polar surface area (TPSA) is 105 Å². The number of thiophene rings is 1. The number of rotatable bonds is 4. The van der Waals surface area contributed by atoms with Gasteiger partial charge >= 0.3 is 0 Å². The fraction of sp³-hybridized carbons (Fsp3) is 0.261. The number of benzene rings is 1. The standard InChI is InChI=1S/C23H19N5OS/c1-29-16-8-6-14(7-9-16)21-15(10-24)13-27-22(19(21)12-26)28-23-18(11-25)17-4-2-3-5-20(17)30-23/h6-9,13,21,27-28H,2-5H2,1H3. The van der Waals surface area contributed by atoms with Gasteiger partial charge in [-0.15, -0.1) is 11.3 Å². The highest BCUT2D eigenvalue weighted by Crippen LogP contribution is 2.40. The Morgan fingerprint density at radius 2 is 1.83 bits per heavy atom. The Kier molecular flexibility index (Phi) is 5.44. The molecule has 2 N–H and O–H groups in total. The molecule has 1 aliphatic heterocycles. The third kappa shape index (κ3) is 3.39. The van der Waals surface area contributed by atoms with E-state index in [-0.39, 0.29) is 0 Å². The van der Waals surface area contributed by atoms with E-state index in [0.29, 0.717) is 28.3 Å². The number of anilines is 1. The third-order valence-corrected chi connectivity index (χ3v) is 6.67. The Hall–Kier alpha value is -3.73. The number of aryl methyl sites for hydroxylation is 1. The van der Waals surface area contributed by atoms with Crippen LogP contribution in [0.25, 0.3) is 0 Å². The van der Waals surface area contributed by atoms with E-state index in [4.69, 9.17) is 4.74 Å². The second-order valence-electron chi connectivity index (χ2n) is 7.11. The lowest BCUT2D eigenvalue weighted by Gasteiger charge is -2.25. The van der Waals surface area contributed by atoms with Gasteiger partial charge in [0.25, 0.3) is 0 Å². The van der Waals surface area contributed by atoms with Crippen molar-refractivity contribution in [3.05, 3.63) is 69.0 Å². The first-order chi connectivity index (χ1) is 14.7. The Morgan fingerprint density at radius 1 is 1.07 bits per heavy atom. The number of nitriles is 3. The van der Waals surface area contributed by atoms with Crippen molar-refractivity contribution in [2.24, 2.45) is 0 Å². The molecule has 30 heavy (non-hydrogen) atoms. The van der Waals surface area contributed by atoms with Crippen LogP contribution >= 0.6 is 11.3 Å². The highest BCUT2D eigenvalue weighted by atomic mass is 32.1. The van der Waals surface area contributed by atoms with Crippen LogP contribution in [0.2, 0.25) is 0 Å². The van der Waals surface area contributed by atoms with Crippen molar-refractivity contribution in [3.8, 4) is 24.0 Å². The van der Waals surface area contributed by atoms with E-state index in [1.165, 1.54) is 4.88 Å². The number of hydrogen-bond acceptors (Lipinski definition) is 7. The second kappa shape index (κ2) is 8.33. The zero-order chi connectivity index (χ0) is 21.1. The predicted molar refractivity (Wildman–Crippen MR) is 115 cm³/mol. The molecule has 0 saturated carbocycles. The molecule has 0 fully saturated rings. The van der Waals surface area contributed by atoms with Gasteiger partial charge in [-0.25, -0.2) is 0 Å². The van der Waals surface area contributed by atoms with E-state index >= 15 is 0 Å². The van der Waals surface area contributed by atoms with Crippen molar-refractivity contribution in [3.63, 3.8) is 0 Å². The number of methoxy groups -OCH3 is 1. The SMILES string of the molecule is COc1ccc(C2C(C#N)=CNC(Nc3sc4c(c3C#N)CCCC4)=C2C#N)cc1. The van der Waals surface area contributed by atoms with Crippen molar-refractivity contribution >= 4 is 16.3 Å². The quantitative estimate of drug-likeness (QED) is 0.767. The largest absolute Gasteiger partial charge is 0.497 e. The lowest BCUT2D eigenvalue weighted by Crippen LogP contribution is -2.25. The molecule has 1 atom stereocenters. The molecule has 148 valence electrons. The Balaban J connectivity index is 1.75. The molecular weight excluding hydrogens is 394 g/mol. The van der Waals surface area contributed by atoms with Crippen LogP contribution in [0, 0.1) is 34.0 Å². The average molecular weight is 414 g/mol. The van der Waals surface area contributed by atoms with Crippen LogP contribution in [-0.2, 0) is 12.8 Å². The molecule has 6 nitrogen and oxygen atoms in total. The summed E-state index contributed by atoms with van der Waals surface area (Å²) in [5.74, 6) is 0.723. The molecule has 2 heterocycles. The highest BCUT2D eigenvalue weighted by Gasteiger charge is 2.30. The van der Waals surface area contributed by atoms with Crippen LogP contribution in [0.3, 0.4) is 0 Å². The maximum atomic E-state index is 9.96. The minimum atomic E-state index is -0.491. The molecule has 0 saturated heterocycles. The molecule has 2 aromatic rings. The number of fused-ring (bicyclic) bond motifs is 1. The Labute approximate surface area is 179 Å². The number of allylic oxidation sites excluding steroid dienone is 2. The van der Waals surface area contributed by atoms with Crippen molar-refractivity contribution in [2.75, 3.05) is 12.4 Å². The summed E-state index contributed by atoms with van der Waals surface area (Å²) in [5.41, 5.74) is 3.48. The molecular formula is C23H19N5OS. The Bertz CT molecular complexity index is 1170. The third-order valence-electron chi connectivity index (χ3n) is 5.46. The van der Waals surface area contributed by atoms with Crippen molar-refractivity contribution in [1.29, 1.82) is 15.8 Å². The molecule has 0 amide bonds. The van der Waals surface area contributed by atoms with E-state index in [2.05, 4.69) is 28.8 Å². The Morgan fingerprint density at radius 3 is 2.50 bits per heavy atom. The van der Waals surface area contributed by atoms with Crippen molar-refractivity contribution in [2.45, 2.75) is 31.6 Å². The summed E-state index contributed by atoms with van der Waals surface area (Å²) in [4.78, 5) is 1.25. The molecule has 7 heteroatoms. The first-order valence-corrected chi connectivity index (χ1v) is 10.5. The summed E-state index contributed by atoms with van der Waals surface area (Å²) >= 11 is 1.58. The summed E-state index contributed by atoms with van der Waals surface area (Å²) in [5, 5.41) is 36.4. The van der Waals surface area contributed by atoms with E-state index in [0.717, 1.165) is 41.8 Å². The molecule has 1 aliphatic carbocycles. The van der Waals surface area contributed by atoms with Gasteiger partial charge in [0.2, 0.25) is 0 Å². The zero-order valence-electron chi connectivity index (χ0n) is 16.5. The highest BCUT2D eigenvalue weighted by molar-refractivity contribution is 7.16. The van der Waals surface area contributed by atoms with E-state index in [9.17, 15) is 15.8 Å². The van der Waals surface area contributed by atoms with E-state index < -0.39 is 5.92 Å². The monoisotopic (exact) mass is 413 g/mol. The van der Waals surface area contributed by atoms with Crippen LogP contribution in [0.1, 0.15) is 40.3 Å². The maximum Gasteiger partial charge on any atom is 0.123 e. The molecule has 1 aromatic heterocycles. The lowest BCUT2D eigenvalue weighted by atomic mass is 9.84. The van der Waals surface area contributed by atoms with Crippen LogP contribution in [0.5, 0.6) is 5.75 Å². The van der Waals surface area contributed by atoms with E-state index in [1.54, 1.807) is 24.6 Å². The predicted octanol–water partition coefficient (Wildman–Crippen LogP) is 4.45. The van der Waals surface area contributed by atoms with Gasteiger partial charge in [-0.05, 0) is 48.9 Å². The number of ether oxygens (including phenoxy) is 1. The van der Waals surface area contributed by atoms with Crippen molar-refractivity contribution in [1.82, 2.24) is 5.32 Å². The van der Waals surface area contributed by atoms with Crippen molar-refractivity contribution < 1.29 is 4.74 Å². The summed E-state index contributed by atoms with van der Waals surface area (Å²) < 4.78 is 5.22. The number of hydrogen-bond donors (Lipinski definition) is 2. The van der Waals surface area contributed by atoms with Gasteiger partial charge in [0.15, 0.2) is 0 Å². The minimum Gasteiger partial charge on any atom is -0.497 e. The summed E-state index contributed by atoms with van der Waals surface area (Å²) in [6.07, 6.45) is 5.76. The molecule has 4 rings (SSSR count). The van der Waals surface area contributed by atoms with E-state index in [1.807, 2.05) is 24.3 Å². The summed E-state index contributed by atoms with van der Waals surface area (Å²) in [7, 11) is 1.59. The van der Waals surface area contributed by atoms with Gasteiger partial charge < -0.3 is 15.4 Å². The molecule has 1 aromatic carbocycles.